The van der Waals surface area contributed by atoms with E-state index in [2.05, 4.69) is 10.6 Å². The van der Waals surface area contributed by atoms with Crippen LogP contribution in [0.25, 0.3) is 0 Å². The monoisotopic (exact) mass is 417 g/mol. The quantitative estimate of drug-likeness (QED) is 0.528. The normalized spacial score (nSPS) is 10.4. The lowest BCUT2D eigenvalue weighted by Gasteiger charge is -2.11. The minimum Gasteiger partial charge on any atom is -0.457 e. The Hall–Kier alpha value is -4.13. The highest BCUT2D eigenvalue weighted by Gasteiger charge is 2.10. The Kier molecular flexibility index (Phi) is 6.67. The molecule has 0 unspecified atom stereocenters. The van der Waals surface area contributed by atoms with Crippen LogP contribution in [0.15, 0.2) is 72.8 Å². The van der Waals surface area contributed by atoms with Gasteiger partial charge in [0.2, 0.25) is 11.8 Å². The Morgan fingerprint density at radius 3 is 1.81 bits per heavy atom. The van der Waals surface area contributed by atoms with E-state index in [1.54, 1.807) is 72.8 Å². The molecule has 0 saturated heterocycles. The molecule has 31 heavy (non-hydrogen) atoms. The van der Waals surface area contributed by atoms with Gasteiger partial charge in [-0.3, -0.25) is 14.4 Å². The summed E-state index contributed by atoms with van der Waals surface area (Å²) in [4.78, 5) is 35.5. The van der Waals surface area contributed by atoms with Gasteiger partial charge in [0, 0.05) is 28.4 Å². The number of carbonyl (C=O) groups is 3. The topological polar surface area (TPSA) is 111 Å². The number of nitrogens with one attached hydrogen (secondary N) is 2. The van der Waals surface area contributed by atoms with Crippen LogP contribution in [-0.2, 0) is 4.79 Å². The summed E-state index contributed by atoms with van der Waals surface area (Å²) >= 11 is 0. The maximum Gasteiger partial charge on any atom is 0.255 e. The molecule has 3 aromatic rings. The van der Waals surface area contributed by atoms with Gasteiger partial charge in [0.15, 0.2) is 0 Å². The molecule has 158 valence electrons. The van der Waals surface area contributed by atoms with Gasteiger partial charge in [-0.25, -0.2) is 0 Å². The Balaban J connectivity index is 1.62. The Labute approximate surface area is 180 Å². The second-order valence-corrected chi connectivity index (χ2v) is 7.19. The molecule has 0 bridgehead atoms. The highest BCUT2D eigenvalue weighted by molar-refractivity contribution is 6.04. The molecule has 7 nitrogen and oxygen atoms in total. The number of carbonyl (C=O) groups excluding carboxylic acids is 3. The van der Waals surface area contributed by atoms with Crippen LogP contribution in [-0.4, -0.2) is 17.7 Å². The number of ether oxygens (including phenoxy) is 1. The van der Waals surface area contributed by atoms with Gasteiger partial charge in [0.1, 0.15) is 11.5 Å². The molecule has 0 aliphatic heterocycles. The number of rotatable bonds is 7. The van der Waals surface area contributed by atoms with Crippen LogP contribution in [0.2, 0.25) is 0 Å². The number of anilines is 2. The van der Waals surface area contributed by atoms with Crippen molar-refractivity contribution in [3.05, 3.63) is 83.9 Å². The molecule has 0 aromatic heterocycles. The highest BCUT2D eigenvalue weighted by atomic mass is 16.5. The lowest BCUT2D eigenvalue weighted by atomic mass is 10.2. The fourth-order valence-corrected chi connectivity index (χ4v) is 2.66. The summed E-state index contributed by atoms with van der Waals surface area (Å²) < 4.78 is 5.71. The van der Waals surface area contributed by atoms with Crippen LogP contribution in [0.5, 0.6) is 11.5 Å². The molecule has 3 rings (SSSR count). The van der Waals surface area contributed by atoms with Crippen LogP contribution < -0.4 is 21.1 Å². The first-order chi connectivity index (χ1) is 14.8. The average molecular weight is 417 g/mol. The summed E-state index contributed by atoms with van der Waals surface area (Å²) in [7, 11) is 0. The van der Waals surface area contributed by atoms with Gasteiger partial charge < -0.3 is 21.1 Å². The molecule has 0 spiro atoms. The van der Waals surface area contributed by atoms with Crippen molar-refractivity contribution in [1.29, 1.82) is 0 Å². The van der Waals surface area contributed by atoms with E-state index in [1.165, 1.54) is 0 Å². The van der Waals surface area contributed by atoms with E-state index in [4.69, 9.17) is 10.5 Å². The van der Waals surface area contributed by atoms with Crippen LogP contribution in [0.1, 0.15) is 34.6 Å². The van der Waals surface area contributed by atoms with E-state index in [0.717, 1.165) is 0 Å². The Morgan fingerprint density at radius 1 is 0.774 bits per heavy atom. The summed E-state index contributed by atoms with van der Waals surface area (Å²) in [6.07, 6.45) is 0. The standard InChI is InChI=1S/C24H23N3O4/c1-15(2)23(29)26-18-4-3-5-19(14-18)27-24(30)17-8-12-21(13-9-17)31-20-10-6-16(7-11-20)22(25)28/h3-15H,1-2H3,(H2,25,28)(H,26,29)(H,27,30). The lowest BCUT2D eigenvalue weighted by molar-refractivity contribution is -0.118. The van der Waals surface area contributed by atoms with Gasteiger partial charge in [-0.15, -0.1) is 0 Å². The summed E-state index contributed by atoms with van der Waals surface area (Å²) in [5.74, 6) is 0.0621. The number of nitrogens with two attached hydrogens (primary N) is 1. The van der Waals surface area contributed by atoms with Crippen molar-refractivity contribution in [2.45, 2.75) is 13.8 Å². The summed E-state index contributed by atoms with van der Waals surface area (Å²) in [6, 6.07) is 20.1. The van der Waals surface area contributed by atoms with E-state index in [-0.39, 0.29) is 17.7 Å². The summed E-state index contributed by atoms with van der Waals surface area (Å²) in [5.41, 5.74) is 7.25. The van der Waals surface area contributed by atoms with Gasteiger partial charge in [-0.2, -0.15) is 0 Å². The molecule has 0 heterocycles. The maximum absolute atomic E-state index is 12.5. The molecule has 0 fully saturated rings. The maximum atomic E-state index is 12.5. The SMILES string of the molecule is CC(C)C(=O)Nc1cccc(NC(=O)c2ccc(Oc3ccc(C(N)=O)cc3)cc2)c1. The molecule has 4 N–H and O–H groups in total. The Morgan fingerprint density at radius 2 is 1.29 bits per heavy atom. The molecular formula is C24H23N3O4. The van der Waals surface area contributed by atoms with E-state index < -0.39 is 5.91 Å². The van der Waals surface area contributed by atoms with Gasteiger partial charge in [-0.05, 0) is 66.7 Å². The third-order valence-electron chi connectivity index (χ3n) is 4.40. The number of primary amides is 1. The molecule has 7 heteroatoms. The van der Waals surface area contributed by atoms with Crippen molar-refractivity contribution in [2.24, 2.45) is 11.7 Å². The fourth-order valence-electron chi connectivity index (χ4n) is 2.66. The third kappa shape index (κ3) is 5.93. The van der Waals surface area contributed by atoms with Crippen molar-refractivity contribution < 1.29 is 19.1 Å². The van der Waals surface area contributed by atoms with E-state index >= 15 is 0 Å². The van der Waals surface area contributed by atoms with Crippen LogP contribution in [0, 0.1) is 5.92 Å². The van der Waals surface area contributed by atoms with Crippen LogP contribution in [0.4, 0.5) is 11.4 Å². The second kappa shape index (κ2) is 9.58. The molecule has 0 atom stereocenters. The number of hydrogen-bond acceptors (Lipinski definition) is 4. The van der Waals surface area contributed by atoms with Gasteiger partial charge >= 0.3 is 0 Å². The predicted octanol–water partition coefficient (Wildman–Crippen LogP) is 4.42. The third-order valence-corrected chi connectivity index (χ3v) is 4.40. The van der Waals surface area contributed by atoms with Crippen LogP contribution in [0.3, 0.4) is 0 Å². The van der Waals surface area contributed by atoms with E-state index in [9.17, 15) is 14.4 Å². The van der Waals surface area contributed by atoms with Crippen LogP contribution >= 0.6 is 0 Å². The number of benzene rings is 3. The zero-order valence-corrected chi connectivity index (χ0v) is 17.2. The Bertz CT molecular complexity index is 1090. The van der Waals surface area contributed by atoms with E-state index in [0.29, 0.717) is 34.0 Å². The van der Waals surface area contributed by atoms with Crippen molar-refractivity contribution >= 4 is 29.1 Å². The average Bonchev–Trinajstić information content (AvgIpc) is 2.74. The first-order valence-corrected chi connectivity index (χ1v) is 9.72. The van der Waals surface area contributed by atoms with Crippen molar-refractivity contribution in [3.63, 3.8) is 0 Å². The largest absolute Gasteiger partial charge is 0.457 e. The van der Waals surface area contributed by atoms with Crippen molar-refractivity contribution in [1.82, 2.24) is 0 Å². The summed E-state index contributed by atoms with van der Waals surface area (Å²) in [5, 5.41) is 5.61. The molecule has 3 aromatic carbocycles. The smallest absolute Gasteiger partial charge is 0.255 e. The van der Waals surface area contributed by atoms with Crippen molar-refractivity contribution in [2.75, 3.05) is 10.6 Å². The lowest BCUT2D eigenvalue weighted by Crippen LogP contribution is -2.18. The molecule has 0 aliphatic rings. The minimum absolute atomic E-state index is 0.0941. The molecule has 0 aliphatic carbocycles. The molecule has 0 saturated carbocycles. The molecule has 3 amide bonds. The fraction of sp³-hybridized carbons (Fsp3) is 0.125. The summed E-state index contributed by atoms with van der Waals surface area (Å²) in [6.45, 7) is 3.62. The molecular weight excluding hydrogens is 394 g/mol. The zero-order chi connectivity index (χ0) is 22.4. The molecule has 0 radical (unpaired) electrons. The highest BCUT2D eigenvalue weighted by Crippen LogP contribution is 2.23. The first-order valence-electron chi connectivity index (χ1n) is 9.72. The zero-order valence-electron chi connectivity index (χ0n) is 17.2. The number of amides is 3. The van der Waals surface area contributed by atoms with Gasteiger partial charge in [-0.1, -0.05) is 19.9 Å². The second-order valence-electron chi connectivity index (χ2n) is 7.19. The number of hydrogen-bond donors (Lipinski definition) is 3. The van der Waals surface area contributed by atoms with Gasteiger partial charge in [0.25, 0.3) is 5.91 Å². The first kappa shape index (κ1) is 21.6. The van der Waals surface area contributed by atoms with Gasteiger partial charge in [0.05, 0.1) is 0 Å². The predicted molar refractivity (Wildman–Crippen MR) is 119 cm³/mol. The minimum atomic E-state index is -0.505. The van der Waals surface area contributed by atoms with Crippen molar-refractivity contribution in [3.8, 4) is 11.5 Å². The van der Waals surface area contributed by atoms with E-state index in [1.807, 2.05) is 13.8 Å².